The van der Waals surface area contributed by atoms with Gasteiger partial charge in [0, 0.05) is 15.1 Å². The molecule has 0 fully saturated rings. The molecule has 0 atom stereocenters. The first kappa shape index (κ1) is 14.8. The monoisotopic (exact) mass is 356 g/mol. The van der Waals surface area contributed by atoms with Crippen LogP contribution in [-0.4, -0.2) is 9.97 Å². The zero-order valence-electron chi connectivity index (χ0n) is 10.6. The van der Waals surface area contributed by atoms with Gasteiger partial charge in [0.1, 0.15) is 11.0 Å². The first-order valence-electron chi connectivity index (χ1n) is 6.08. The fourth-order valence-corrected chi connectivity index (χ4v) is 3.25. The van der Waals surface area contributed by atoms with Crippen LogP contribution < -0.4 is 0 Å². The Bertz CT molecular complexity index is 563. The molecule has 1 heterocycles. The molecule has 2 rings (SSSR count). The lowest BCUT2D eigenvalue weighted by Gasteiger charge is -2.05. The molecule has 0 saturated carbocycles. The lowest BCUT2D eigenvalue weighted by molar-refractivity contribution is 0.853. The van der Waals surface area contributed by atoms with Gasteiger partial charge in [-0.2, -0.15) is 0 Å². The molecule has 1 aromatic carbocycles. The largest absolute Gasteiger partial charge is 0.237 e. The van der Waals surface area contributed by atoms with E-state index in [9.17, 15) is 0 Å². The van der Waals surface area contributed by atoms with Gasteiger partial charge in [-0.05, 0) is 30.7 Å². The van der Waals surface area contributed by atoms with Crippen molar-refractivity contribution >= 4 is 39.3 Å². The Kier molecular flexibility index (Phi) is 5.67. The van der Waals surface area contributed by atoms with Crippen LogP contribution in [0.3, 0.4) is 0 Å². The number of thioether (sulfide) groups is 1. The number of hydrogen-bond donors (Lipinski definition) is 0. The summed E-state index contributed by atoms with van der Waals surface area (Å²) in [5.74, 6) is 1.52. The smallest absolute Gasteiger partial charge is 0.140 e. The second-order valence-corrected chi connectivity index (χ2v) is 6.45. The molecule has 0 spiro atoms. The van der Waals surface area contributed by atoms with Crippen molar-refractivity contribution in [3.63, 3.8) is 0 Å². The van der Waals surface area contributed by atoms with Crippen molar-refractivity contribution in [1.82, 2.24) is 9.97 Å². The standard InChI is InChI=1S/C14H14BrClN2S/c1-2-4-11-8-13(16)18-14(17-11)9-19-12-6-3-5-10(15)7-12/h3,5-8H,2,4,9H2,1H3. The number of halogens is 2. The number of aromatic nitrogens is 2. The van der Waals surface area contributed by atoms with E-state index in [4.69, 9.17) is 11.6 Å². The molecule has 2 nitrogen and oxygen atoms in total. The highest BCUT2D eigenvalue weighted by atomic mass is 79.9. The van der Waals surface area contributed by atoms with E-state index in [2.05, 4.69) is 45.0 Å². The van der Waals surface area contributed by atoms with Crippen LogP contribution in [0.15, 0.2) is 39.7 Å². The molecule has 0 radical (unpaired) electrons. The molecule has 100 valence electrons. The Balaban J connectivity index is 2.06. The lowest BCUT2D eigenvalue weighted by Crippen LogP contribution is -1.98. The SMILES string of the molecule is CCCc1cc(Cl)nc(CSc2cccc(Br)c2)n1. The molecule has 5 heteroatoms. The van der Waals surface area contributed by atoms with Crippen LogP contribution in [-0.2, 0) is 12.2 Å². The van der Waals surface area contributed by atoms with Gasteiger partial charge in [-0.1, -0.05) is 46.9 Å². The number of benzene rings is 1. The van der Waals surface area contributed by atoms with E-state index < -0.39 is 0 Å². The summed E-state index contributed by atoms with van der Waals surface area (Å²) in [6, 6.07) is 10.0. The molecular weight excluding hydrogens is 344 g/mol. The second-order valence-electron chi connectivity index (χ2n) is 4.09. The van der Waals surface area contributed by atoms with E-state index in [1.165, 1.54) is 4.90 Å². The summed E-state index contributed by atoms with van der Waals surface area (Å²) in [6.07, 6.45) is 2.00. The van der Waals surface area contributed by atoms with E-state index in [1.54, 1.807) is 11.8 Å². The van der Waals surface area contributed by atoms with Gasteiger partial charge in [0.2, 0.25) is 0 Å². The first-order valence-corrected chi connectivity index (χ1v) is 8.23. The topological polar surface area (TPSA) is 25.8 Å². The van der Waals surface area contributed by atoms with E-state index >= 15 is 0 Å². The summed E-state index contributed by atoms with van der Waals surface area (Å²) in [5, 5.41) is 0.531. The Morgan fingerprint density at radius 2 is 2.11 bits per heavy atom. The molecule has 1 aromatic heterocycles. The van der Waals surface area contributed by atoms with Crippen LogP contribution in [0.2, 0.25) is 5.15 Å². The highest BCUT2D eigenvalue weighted by molar-refractivity contribution is 9.10. The molecule has 0 aliphatic rings. The molecule has 19 heavy (non-hydrogen) atoms. The molecule has 0 aliphatic carbocycles. The second kappa shape index (κ2) is 7.27. The molecule has 0 unspecified atom stereocenters. The number of nitrogens with zero attached hydrogens (tertiary/aromatic N) is 2. The average Bonchev–Trinajstić information content (AvgIpc) is 2.36. The fourth-order valence-electron chi connectivity index (χ4n) is 1.67. The summed E-state index contributed by atoms with van der Waals surface area (Å²) in [4.78, 5) is 10.00. The third-order valence-corrected chi connectivity index (χ3v) is 4.14. The van der Waals surface area contributed by atoms with Gasteiger partial charge in [0.05, 0.1) is 5.75 Å². The van der Waals surface area contributed by atoms with Crippen LogP contribution in [0.25, 0.3) is 0 Å². The predicted octanol–water partition coefficient (Wildman–Crippen LogP) is 5.14. The van der Waals surface area contributed by atoms with E-state index in [-0.39, 0.29) is 0 Å². The van der Waals surface area contributed by atoms with Crippen molar-refractivity contribution in [1.29, 1.82) is 0 Å². The maximum absolute atomic E-state index is 6.02. The highest BCUT2D eigenvalue weighted by Gasteiger charge is 2.04. The zero-order chi connectivity index (χ0) is 13.7. The van der Waals surface area contributed by atoms with E-state index in [1.807, 2.05) is 18.2 Å². The van der Waals surface area contributed by atoms with Crippen molar-refractivity contribution in [2.24, 2.45) is 0 Å². The van der Waals surface area contributed by atoms with Crippen molar-refractivity contribution in [2.45, 2.75) is 30.4 Å². The van der Waals surface area contributed by atoms with Gasteiger partial charge < -0.3 is 0 Å². The van der Waals surface area contributed by atoms with E-state index in [0.717, 1.165) is 34.6 Å². The maximum Gasteiger partial charge on any atom is 0.140 e. The number of rotatable bonds is 5. The molecule has 0 aliphatic heterocycles. The highest BCUT2D eigenvalue weighted by Crippen LogP contribution is 2.24. The molecule has 0 amide bonds. The van der Waals surface area contributed by atoms with Crippen LogP contribution in [0.4, 0.5) is 0 Å². The quantitative estimate of drug-likeness (QED) is 0.547. The minimum atomic E-state index is 0.531. The molecule has 2 aromatic rings. The normalized spacial score (nSPS) is 10.7. The third-order valence-electron chi connectivity index (χ3n) is 2.46. The van der Waals surface area contributed by atoms with Crippen molar-refractivity contribution in [2.75, 3.05) is 0 Å². The van der Waals surface area contributed by atoms with Gasteiger partial charge in [-0.15, -0.1) is 11.8 Å². The number of aryl methyl sites for hydroxylation is 1. The van der Waals surface area contributed by atoms with Crippen LogP contribution >= 0.6 is 39.3 Å². The zero-order valence-corrected chi connectivity index (χ0v) is 13.7. The first-order chi connectivity index (χ1) is 9.17. The summed E-state index contributed by atoms with van der Waals surface area (Å²) >= 11 is 11.2. The average molecular weight is 358 g/mol. The molecular formula is C14H14BrClN2S. The Hall–Kier alpha value is -0.580. The van der Waals surface area contributed by atoms with Gasteiger partial charge in [-0.25, -0.2) is 9.97 Å². The van der Waals surface area contributed by atoms with Crippen molar-refractivity contribution in [3.05, 3.63) is 51.5 Å². The molecule has 0 N–H and O–H groups in total. The fraction of sp³-hybridized carbons (Fsp3) is 0.286. The van der Waals surface area contributed by atoms with Gasteiger partial charge in [0.15, 0.2) is 0 Å². The van der Waals surface area contributed by atoms with E-state index in [0.29, 0.717) is 5.15 Å². The Morgan fingerprint density at radius 1 is 1.26 bits per heavy atom. The summed E-state index contributed by atoms with van der Waals surface area (Å²) in [6.45, 7) is 2.13. The van der Waals surface area contributed by atoms with Crippen LogP contribution in [0, 0.1) is 0 Å². The summed E-state index contributed by atoms with van der Waals surface area (Å²) in [5.41, 5.74) is 1.02. The van der Waals surface area contributed by atoms with Crippen LogP contribution in [0.1, 0.15) is 24.9 Å². The minimum absolute atomic E-state index is 0.531. The van der Waals surface area contributed by atoms with Gasteiger partial charge >= 0.3 is 0 Å². The van der Waals surface area contributed by atoms with Gasteiger partial charge in [0.25, 0.3) is 0 Å². The predicted molar refractivity (Wildman–Crippen MR) is 84.7 cm³/mol. The van der Waals surface area contributed by atoms with Crippen LogP contribution in [0.5, 0.6) is 0 Å². The maximum atomic E-state index is 6.02. The van der Waals surface area contributed by atoms with Crippen molar-refractivity contribution < 1.29 is 0 Å². The summed E-state index contributed by atoms with van der Waals surface area (Å²) in [7, 11) is 0. The van der Waals surface area contributed by atoms with Crippen molar-refractivity contribution in [3.8, 4) is 0 Å². The summed E-state index contributed by atoms with van der Waals surface area (Å²) < 4.78 is 1.08. The Labute approximate surface area is 131 Å². The molecule has 0 saturated heterocycles. The van der Waals surface area contributed by atoms with Gasteiger partial charge in [-0.3, -0.25) is 0 Å². The Morgan fingerprint density at radius 3 is 2.84 bits per heavy atom. The number of hydrogen-bond acceptors (Lipinski definition) is 3. The molecule has 0 bridgehead atoms. The minimum Gasteiger partial charge on any atom is -0.237 e. The lowest BCUT2D eigenvalue weighted by atomic mass is 10.2. The third kappa shape index (κ3) is 4.79.